The van der Waals surface area contributed by atoms with Crippen molar-refractivity contribution in [1.29, 1.82) is 0 Å². The van der Waals surface area contributed by atoms with E-state index in [2.05, 4.69) is 34.2 Å². The minimum Gasteiger partial charge on any atom is -0.463 e. The van der Waals surface area contributed by atoms with E-state index in [1.54, 1.807) is 0 Å². The van der Waals surface area contributed by atoms with Crippen LogP contribution in [0.4, 0.5) is 11.5 Å². The Morgan fingerprint density at radius 2 is 1.83 bits per heavy atom. The maximum Gasteiger partial charge on any atom is 0.302 e. The van der Waals surface area contributed by atoms with E-state index in [-0.39, 0.29) is 12.1 Å². The molecule has 1 saturated carbocycles. The fourth-order valence-electron chi connectivity index (χ4n) is 4.17. The molecule has 0 radical (unpaired) electrons. The number of anilines is 1. The van der Waals surface area contributed by atoms with Crippen molar-refractivity contribution in [3.05, 3.63) is 41.7 Å². The van der Waals surface area contributed by atoms with Gasteiger partial charge in [-0.1, -0.05) is 24.3 Å². The van der Waals surface area contributed by atoms with E-state index in [0.717, 1.165) is 37.0 Å². The molecule has 0 saturated heterocycles. The van der Waals surface area contributed by atoms with E-state index >= 15 is 0 Å². The number of carbonyl (C=O) groups excluding carboxylic acids is 1. The van der Waals surface area contributed by atoms with Gasteiger partial charge >= 0.3 is 5.97 Å². The van der Waals surface area contributed by atoms with Crippen LogP contribution in [0.2, 0.25) is 0 Å². The van der Waals surface area contributed by atoms with Crippen molar-refractivity contribution >= 4 is 23.2 Å². The van der Waals surface area contributed by atoms with Gasteiger partial charge < -0.3 is 15.2 Å². The zero-order valence-electron chi connectivity index (χ0n) is 17.0. The smallest absolute Gasteiger partial charge is 0.302 e. The fraction of sp³-hybridized carbons (Fsp3) is 0.455. The second-order valence-corrected chi connectivity index (χ2v) is 8.19. The summed E-state index contributed by atoms with van der Waals surface area (Å²) in [6.45, 7) is 5.41. The molecule has 7 nitrogen and oxygen atoms in total. The first-order valence-corrected chi connectivity index (χ1v) is 9.99. The number of aliphatic imine (C=N–C) groups is 1. The minimum atomic E-state index is -0.628. The number of nitrogens with zero attached hydrogens (tertiary/aromatic N) is 3. The molecule has 2 heterocycles. The van der Waals surface area contributed by atoms with Crippen LogP contribution in [-0.2, 0) is 9.53 Å². The van der Waals surface area contributed by atoms with Crippen LogP contribution >= 0.6 is 0 Å². The number of aromatic nitrogens is 2. The molecule has 0 amide bonds. The number of esters is 1. The van der Waals surface area contributed by atoms with Gasteiger partial charge in [0.25, 0.3) is 0 Å². The van der Waals surface area contributed by atoms with E-state index in [9.17, 15) is 4.79 Å². The molecule has 7 heteroatoms. The third-order valence-corrected chi connectivity index (χ3v) is 5.63. The lowest BCUT2D eigenvalue weighted by molar-refractivity contribution is -0.147. The van der Waals surface area contributed by atoms with Crippen LogP contribution in [-0.4, -0.2) is 33.4 Å². The largest absolute Gasteiger partial charge is 0.463 e. The average Bonchev–Trinajstić information content (AvgIpc) is 2.67. The summed E-state index contributed by atoms with van der Waals surface area (Å²) >= 11 is 0. The molecule has 1 aliphatic heterocycles. The van der Waals surface area contributed by atoms with Crippen molar-refractivity contribution in [2.75, 3.05) is 5.73 Å². The molecule has 1 fully saturated rings. The van der Waals surface area contributed by atoms with E-state index < -0.39 is 5.60 Å². The highest BCUT2D eigenvalue weighted by Crippen LogP contribution is 2.39. The molecule has 1 aromatic carbocycles. The van der Waals surface area contributed by atoms with E-state index in [1.807, 2.05) is 13.8 Å². The summed E-state index contributed by atoms with van der Waals surface area (Å²) in [6.07, 6.45) is 5.31. The Morgan fingerprint density at radius 3 is 2.48 bits per heavy atom. The van der Waals surface area contributed by atoms with Crippen molar-refractivity contribution in [2.45, 2.75) is 64.1 Å². The van der Waals surface area contributed by atoms with Crippen LogP contribution in [0.25, 0.3) is 0 Å². The van der Waals surface area contributed by atoms with Crippen LogP contribution < -0.4 is 10.5 Å². The van der Waals surface area contributed by atoms with Crippen molar-refractivity contribution in [3.63, 3.8) is 0 Å². The van der Waals surface area contributed by atoms with Crippen molar-refractivity contribution in [3.8, 4) is 5.88 Å². The van der Waals surface area contributed by atoms with E-state index in [4.69, 9.17) is 20.2 Å². The summed E-state index contributed by atoms with van der Waals surface area (Å²) in [4.78, 5) is 24.1. The quantitative estimate of drug-likeness (QED) is 0.792. The third-order valence-electron chi connectivity index (χ3n) is 5.63. The standard InChI is InChI=1S/C22H26N4O3/c1-13(27)28-17-10-8-15(9-11-17)14-4-6-16(7-5-14)19-22(2,3)29-21-18(26-19)20(23)24-12-25-21/h4-7,12,15,17H,8-11H2,1-3H3,(H2,23,24,25). The molecule has 0 bridgehead atoms. The van der Waals surface area contributed by atoms with Crippen molar-refractivity contribution in [1.82, 2.24) is 9.97 Å². The van der Waals surface area contributed by atoms with Gasteiger partial charge in [-0.05, 0) is 51.0 Å². The molecule has 0 atom stereocenters. The Labute approximate surface area is 170 Å². The zero-order chi connectivity index (χ0) is 20.6. The normalized spacial score (nSPS) is 22.8. The van der Waals surface area contributed by atoms with Gasteiger partial charge in [0, 0.05) is 12.5 Å². The molecule has 2 aromatic rings. The minimum absolute atomic E-state index is 0.0605. The first kappa shape index (κ1) is 19.4. The van der Waals surface area contributed by atoms with Crippen molar-refractivity contribution < 1.29 is 14.3 Å². The van der Waals surface area contributed by atoms with Gasteiger partial charge in [0.2, 0.25) is 5.88 Å². The maximum atomic E-state index is 11.1. The summed E-state index contributed by atoms with van der Waals surface area (Å²) in [5.74, 6) is 1.01. The monoisotopic (exact) mass is 394 g/mol. The Morgan fingerprint density at radius 1 is 1.14 bits per heavy atom. The Bertz CT molecular complexity index is 945. The Kier molecular flexibility index (Phi) is 4.98. The Hall–Kier alpha value is -2.96. The number of nitrogen functional groups attached to an aromatic ring is 1. The number of ether oxygens (including phenoxy) is 2. The molecule has 1 aliphatic carbocycles. The molecular weight excluding hydrogens is 368 g/mol. The zero-order valence-corrected chi connectivity index (χ0v) is 17.0. The number of hydrogen-bond donors (Lipinski definition) is 1. The molecule has 4 rings (SSSR count). The Balaban J connectivity index is 1.54. The summed E-state index contributed by atoms with van der Waals surface area (Å²) in [7, 11) is 0. The third kappa shape index (κ3) is 3.95. The van der Waals surface area contributed by atoms with Crippen molar-refractivity contribution in [2.24, 2.45) is 4.99 Å². The van der Waals surface area contributed by atoms with Crippen LogP contribution in [0.3, 0.4) is 0 Å². The summed E-state index contributed by atoms with van der Waals surface area (Å²) in [5.41, 5.74) is 8.91. The van der Waals surface area contributed by atoms with E-state index in [1.165, 1.54) is 18.8 Å². The van der Waals surface area contributed by atoms with E-state index in [0.29, 0.717) is 23.3 Å². The highest BCUT2D eigenvalue weighted by atomic mass is 16.5. The predicted octanol–water partition coefficient (Wildman–Crippen LogP) is 3.94. The first-order valence-electron chi connectivity index (χ1n) is 9.99. The lowest BCUT2D eigenvalue weighted by Gasteiger charge is -2.32. The summed E-state index contributed by atoms with van der Waals surface area (Å²) in [5, 5.41) is 0. The first-order chi connectivity index (χ1) is 13.8. The van der Waals surface area contributed by atoms with Crippen LogP contribution in [0.1, 0.15) is 63.5 Å². The molecule has 2 aliphatic rings. The molecule has 1 aromatic heterocycles. The topological polar surface area (TPSA) is 99.7 Å². The molecule has 0 spiro atoms. The molecule has 2 N–H and O–H groups in total. The number of fused-ring (bicyclic) bond motifs is 1. The van der Waals surface area contributed by atoms with Crippen LogP contribution in [0.5, 0.6) is 5.88 Å². The van der Waals surface area contributed by atoms with Crippen LogP contribution in [0, 0.1) is 0 Å². The number of nitrogens with two attached hydrogens (primary N) is 1. The predicted molar refractivity (Wildman–Crippen MR) is 111 cm³/mol. The summed E-state index contributed by atoms with van der Waals surface area (Å²) in [6, 6.07) is 8.49. The van der Waals surface area contributed by atoms with Gasteiger partial charge in [-0.3, -0.25) is 4.79 Å². The van der Waals surface area contributed by atoms with Gasteiger partial charge in [-0.2, -0.15) is 4.98 Å². The highest BCUT2D eigenvalue weighted by molar-refractivity contribution is 6.09. The average molecular weight is 394 g/mol. The second kappa shape index (κ2) is 7.46. The van der Waals surface area contributed by atoms with Gasteiger partial charge in [0.05, 0.1) is 5.71 Å². The van der Waals surface area contributed by atoms with Gasteiger partial charge in [-0.25, -0.2) is 9.98 Å². The number of carbonyl (C=O) groups is 1. The number of rotatable bonds is 3. The maximum absolute atomic E-state index is 11.1. The molecule has 29 heavy (non-hydrogen) atoms. The number of benzene rings is 1. The SMILES string of the molecule is CC(=O)OC1CCC(c2ccc(C3=Nc4c(N)ncnc4OC3(C)C)cc2)CC1. The second-order valence-electron chi connectivity index (χ2n) is 8.19. The molecular formula is C22H26N4O3. The fourth-order valence-corrected chi connectivity index (χ4v) is 4.17. The van der Waals surface area contributed by atoms with Gasteiger partial charge in [-0.15, -0.1) is 0 Å². The number of hydrogen-bond acceptors (Lipinski definition) is 7. The van der Waals surface area contributed by atoms with Crippen LogP contribution in [0.15, 0.2) is 35.6 Å². The molecule has 0 unspecified atom stereocenters. The highest BCUT2D eigenvalue weighted by Gasteiger charge is 2.35. The summed E-state index contributed by atoms with van der Waals surface area (Å²) < 4.78 is 11.4. The van der Waals surface area contributed by atoms with Gasteiger partial charge in [0.1, 0.15) is 18.0 Å². The van der Waals surface area contributed by atoms with Gasteiger partial charge in [0.15, 0.2) is 11.5 Å². The lowest BCUT2D eigenvalue weighted by Crippen LogP contribution is -2.41. The molecule has 152 valence electrons. The lowest BCUT2D eigenvalue weighted by atomic mass is 9.82.